The molecule has 0 saturated heterocycles. The monoisotopic (exact) mass is 204 g/mol. The molecule has 1 aromatic heterocycles. The zero-order valence-corrected chi connectivity index (χ0v) is 7.92. The van der Waals surface area contributed by atoms with Gasteiger partial charge in [0.15, 0.2) is 5.13 Å². The van der Waals surface area contributed by atoms with Crippen LogP contribution >= 0.6 is 34.7 Å². The van der Waals surface area contributed by atoms with Gasteiger partial charge in [0.2, 0.25) is 0 Å². The summed E-state index contributed by atoms with van der Waals surface area (Å²) >= 11 is 9.03. The van der Waals surface area contributed by atoms with Crippen molar-refractivity contribution in [3.05, 3.63) is 22.1 Å². The zero-order valence-electron chi connectivity index (χ0n) is 5.53. The van der Waals surface area contributed by atoms with Crippen LogP contribution in [-0.2, 0) is 0 Å². The van der Waals surface area contributed by atoms with Crippen LogP contribution in [0.4, 0.5) is 5.13 Å². The Kier molecular flexibility index (Phi) is 2.07. The first-order chi connectivity index (χ1) is 5.36. The maximum absolute atomic E-state index is 5.78. The van der Waals surface area contributed by atoms with E-state index in [0.717, 1.165) is 15.4 Å². The third kappa shape index (κ3) is 1.52. The minimum absolute atomic E-state index is 0.834. The van der Waals surface area contributed by atoms with Crippen molar-refractivity contribution in [2.75, 3.05) is 10.8 Å². The van der Waals surface area contributed by atoms with Gasteiger partial charge in [0.05, 0.1) is 10.2 Å². The molecule has 0 aliphatic carbocycles. The Morgan fingerprint density at radius 1 is 1.64 bits per heavy atom. The molecule has 0 N–H and O–H groups in total. The average Bonchev–Trinajstić information content (AvgIpc) is 2.55. The molecule has 0 atom stereocenters. The fourth-order valence-electron chi connectivity index (χ4n) is 0.796. The molecule has 0 unspecified atom stereocenters. The highest BCUT2D eigenvalue weighted by Gasteiger charge is 2.13. The van der Waals surface area contributed by atoms with Crippen molar-refractivity contribution in [2.45, 2.75) is 0 Å². The van der Waals surface area contributed by atoms with E-state index in [1.165, 1.54) is 0 Å². The molecule has 0 amide bonds. The lowest BCUT2D eigenvalue weighted by Gasteiger charge is -2.07. The van der Waals surface area contributed by atoms with Gasteiger partial charge in [-0.25, -0.2) is 4.98 Å². The molecular weight excluding hydrogens is 200 g/mol. The predicted octanol–water partition coefficient (Wildman–Crippen LogP) is 2.69. The molecule has 2 rings (SSSR count). The van der Waals surface area contributed by atoms with E-state index in [4.69, 9.17) is 11.6 Å². The fourth-order valence-corrected chi connectivity index (χ4v) is 2.42. The van der Waals surface area contributed by atoms with E-state index in [1.807, 2.05) is 16.5 Å². The summed E-state index contributed by atoms with van der Waals surface area (Å²) in [7, 11) is 0. The second-order valence-corrected chi connectivity index (χ2v) is 4.48. The van der Waals surface area contributed by atoms with Gasteiger partial charge < -0.3 is 4.90 Å². The molecule has 0 aromatic carbocycles. The Morgan fingerprint density at radius 2 is 2.55 bits per heavy atom. The molecule has 1 aliphatic rings. The molecule has 5 heteroatoms. The molecular formula is C6H5ClN2S2. The van der Waals surface area contributed by atoms with E-state index in [0.29, 0.717) is 0 Å². The van der Waals surface area contributed by atoms with Crippen LogP contribution in [0, 0.1) is 0 Å². The molecule has 58 valence electrons. The van der Waals surface area contributed by atoms with Crippen LogP contribution in [0.25, 0.3) is 0 Å². The number of aromatic nitrogens is 1. The van der Waals surface area contributed by atoms with Gasteiger partial charge >= 0.3 is 0 Å². The zero-order chi connectivity index (χ0) is 7.68. The Hall–Kier alpha value is -0.190. The summed E-state index contributed by atoms with van der Waals surface area (Å²) in [6.07, 6.45) is 3.70. The Labute approximate surface area is 77.9 Å². The van der Waals surface area contributed by atoms with Gasteiger partial charge in [-0.15, -0.1) is 11.3 Å². The summed E-state index contributed by atoms with van der Waals surface area (Å²) in [4.78, 5) is 6.20. The number of halogens is 1. The number of rotatable bonds is 1. The van der Waals surface area contributed by atoms with E-state index in [9.17, 15) is 0 Å². The number of thiazole rings is 1. The largest absolute Gasteiger partial charge is 0.312 e. The lowest BCUT2D eigenvalue weighted by molar-refractivity contribution is 1.15. The average molecular weight is 205 g/mol. The maximum atomic E-state index is 5.78. The van der Waals surface area contributed by atoms with Crippen molar-refractivity contribution >= 4 is 39.8 Å². The summed E-state index contributed by atoms with van der Waals surface area (Å²) in [5.41, 5.74) is 0. The lowest BCUT2D eigenvalue weighted by atomic mass is 10.8. The fraction of sp³-hybridized carbons (Fsp3) is 0.167. The SMILES string of the molecule is ClC1=CN(c2nccs2)CS1. The molecule has 0 bridgehead atoms. The van der Waals surface area contributed by atoms with Crippen molar-refractivity contribution in [3.63, 3.8) is 0 Å². The topological polar surface area (TPSA) is 16.1 Å². The van der Waals surface area contributed by atoms with E-state index in [2.05, 4.69) is 4.98 Å². The van der Waals surface area contributed by atoms with E-state index < -0.39 is 0 Å². The smallest absolute Gasteiger partial charge is 0.190 e. The highest BCUT2D eigenvalue weighted by molar-refractivity contribution is 8.04. The lowest BCUT2D eigenvalue weighted by Crippen LogP contribution is -2.09. The van der Waals surface area contributed by atoms with Gasteiger partial charge in [-0.2, -0.15) is 0 Å². The van der Waals surface area contributed by atoms with Crippen molar-refractivity contribution in [2.24, 2.45) is 0 Å². The standard InChI is InChI=1S/C6H5ClN2S2/c7-5-3-9(4-11-5)6-8-1-2-10-6/h1-3H,4H2. The van der Waals surface area contributed by atoms with E-state index in [1.54, 1.807) is 29.3 Å². The minimum atomic E-state index is 0.834. The number of hydrogen-bond donors (Lipinski definition) is 0. The molecule has 1 aliphatic heterocycles. The third-order valence-corrected chi connectivity index (χ3v) is 3.29. The number of anilines is 1. The highest BCUT2D eigenvalue weighted by atomic mass is 35.5. The van der Waals surface area contributed by atoms with Gasteiger partial charge in [-0.3, -0.25) is 0 Å². The summed E-state index contributed by atoms with van der Waals surface area (Å²) in [6.45, 7) is 0. The minimum Gasteiger partial charge on any atom is -0.312 e. The third-order valence-electron chi connectivity index (χ3n) is 1.26. The van der Waals surface area contributed by atoms with Crippen molar-refractivity contribution in [1.82, 2.24) is 4.98 Å². The Morgan fingerprint density at radius 3 is 3.09 bits per heavy atom. The first-order valence-corrected chi connectivity index (χ1v) is 5.27. The molecule has 2 heterocycles. The van der Waals surface area contributed by atoms with Gasteiger partial charge in [0, 0.05) is 17.8 Å². The van der Waals surface area contributed by atoms with E-state index >= 15 is 0 Å². The highest BCUT2D eigenvalue weighted by Crippen LogP contribution is 2.32. The Bertz CT molecular complexity index is 270. The van der Waals surface area contributed by atoms with Crippen LogP contribution in [0.1, 0.15) is 0 Å². The van der Waals surface area contributed by atoms with Crippen molar-refractivity contribution in [3.8, 4) is 0 Å². The van der Waals surface area contributed by atoms with Crippen LogP contribution in [-0.4, -0.2) is 10.9 Å². The van der Waals surface area contributed by atoms with Crippen LogP contribution in [0.3, 0.4) is 0 Å². The molecule has 2 nitrogen and oxygen atoms in total. The number of nitrogens with zero attached hydrogens (tertiary/aromatic N) is 2. The van der Waals surface area contributed by atoms with Crippen LogP contribution in [0.2, 0.25) is 0 Å². The quantitative estimate of drug-likeness (QED) is 0.700. The molecule has 1 aromatic rings. The summed E-state index contributed by atoms with van der Waals surface area (Å²) in [5.74, 6) is 0.881. The van der Waals surface area contributed by atoms with E-state index in [-0.39, 0.29) is 0 Å². The van der Waals surface area contributed by atoms with Gasteiger partial charge in [0.1, 0.15) is 0 Å². The molecule has 0 saturated carbocycles. The van der Waals surface area contributed by atoms with Gasteiger partial charge in [0.25, 0.3) is 0 Å². The van der Waals surface area contributed by atoms with Gasteiger partial charge in [-0.05, 0) is 0 Å². The van der Waals surface area contributed by atoms with Crippen molar-refractivity contribution in [1.29, 1.82) is 0 Å². The van der Waals surface area contributed by atoms with Crippen LogP contribution in [0.15, 0.2) is 22.1 Å². The first kappa shape index (κ1) is 7.46. The second-order valence-electron chi connectivity index (χ2n) is 1.99. The summed E-state index contributed by atoms with van der Waals surface area (Å²) < 4.78 is 0.834. The summed E-state index contributed by atoms with van der Waals surface area (Å²) in [5, 5.41) is 2.97. The van der Waals surface area contributed by atoms with Crippen LogP contribution < -0.4 is 4.90 Å². The normalized spacial score (nSPS) is 17.2. The number of thioether (sulfide) groups is 1. The Balaban J connectivity index is 2.20. The van der Waals surface area contributed by atoms with Crippen molar-refractivity contribution < 1.29 is 0 Å². The second kappa shape index (κ2) is 3.05. The maximum Gasteiger partial charge on any atom is 0.190 e. The summed E-state index contributed by atoms with van der Waals surface area (Å²) in [6, 6.07) is 0. The molecule has 0 fully saturated rings. The first-order valence-electron chi connectivity index (χ1n) is 3.02. The molecule has 11 heavy (non-hydrogen) atoms. The van der Waals surface area contributed by atoms with Crippen LogP contribution in [0.5, 0.6) is 0 Å². The number of hydrogen-bond acceptors (Lipinski definition) is 4. The molecule has 0 radical (unpaired) electrons. The predicted molar refractivity (Wildman–Crippen MR) is 51.0 cm³/mol. The molecule has 0 spiro atoms. The van der Waals surface area contributed by atoms with Gasteiger partial charge in [-0.1, -0.05) is 23.4 Å².